The summed E-state index contributed by atoms with van der Waals surface area (Å²) in [7, 11) is -0.107. The zero-order valence-corrected chi connectivity index (χ0v) is 20.6. The van der Waals surface area contributed by atoms with Crippen LogP contribution in [0.5, 0.6) is 0 Å². The van der Waals surface area contributed by atoms with E-state index in [2.05, 4.69) is 29.6 Å². The Hall–Kier alpha value is -2.71. The van der Waals surface area contributed by atoms with Gasteiger partial charge in [-0.2, -0.15) is 4.31 Å². The minimum absolute atomic E-state index is 0.0230. The van der Waals surface area contributed by atoms with Crippen LogP contribution >= 0.6 is 11.6 Å². The number of rotatable bonds is 5. The second kappa shape index (κ2) is 8.82. The van der Waals surface area contributed by atoms with Gasteiger partial charge in [0.1, 0.15) is 0 Å². The Morgan fingerprint density at radius 3 is 1.94 bits per heavy atom. The highest BCUT2D eigenvalue weighted by molar-refractivity contribution is 7.89. The van der Waals surface area contributed by atoms with E-state index in [1.807, 2.05) is 24.3 Å². The SMILES string of the molecule is CN(C)C(=O)c1ccc(-c2ccc(C3[C@H]4CNC[C@@H]3N4S(=O)(=O)c3ccc(Cl)cc3)cc2)cc1. The Balaban J connectivity index is 1.35. The number of hydrogen-bond donors (Lipinski definition) is 1. The van der Waals surface area contributed by atoms with Gasteiger partial charge in [-0.25, -0.2) is 8.42 Å². The number of sulfonamides is 1. The molecule has 176 valence electrons. The molecule has 0 aromatic heterocycles. The molecule has 0 saturated carbocycles. The molecule has 0 spiro atoms. The summed E-state index contributed by atoms with van der Waals surface area (Å²) in [5.74, 6) is 0.127. The van der Waals surface area contributed by atoms with Crippen molar-refractivity contribution in [2.24, 2.45) is 0 Å². The molecule has 2 fully saturated rings. The van der Waals surface area contributed by atoms with Crippen molar-refractivity contribution in [1.82, 2.24) is 14.5 Å². The minimum Gasteiger partial charge on any atom is -0.345 e. The average Bonchev–Trinajstić information content (AvgIpc) is 2.84. The third-order valence-corrected chi connectivity index (χ3v) is 8.96. The maximum absolute atomic E-state index is 13.3. The molecule has 2 aliphatic heterocycles. The molecule has 2 saturated heterocycles. The maximum Gasteiger partial charge on any atom is 0.253 e. The van der Waals surface area contributed by atoms with E-state index in [1.54, 1.807) is 47.6 Å². The van der Waals surface area contributed by atoms with Gasteiger partial charge in [-0.1, -0.05) is 48.0 Å². The summed E-state index contributed by atoms with van der Waals surface area (Å²) in [6, 6.07) is 22.0. The summed E-state index contributed by atoms with van der Waals surface area (Å²) < 4.78 is 28.3. The van der Waals surface area contributed by atoms with Crippen LogP contribution in [0.15, 0.2) is 77.7 Å². The quantitative estimate of drug-likeness (QED) is 0.584. The topological polar surface area (TPSA) is 69.7 Å². The third kappa shape index (κ3) is 3.92. The molecule has 5 rings (SSSR count). The number of carbonyl (C=O) groups is 1. The molecule has 0 aliphatic carbocycles. The highest BCUT2D eigenvalue weighted by Crippen LogP contribution is 2.46. The first-order valence-corrected chi connectivity index (χ1v) is 13.0. The molecule has 0 radical (unpaired) electrons. The first-order chi connectivity index (χ1) is 16.3. The Labute approximate surface area is 205 Å². The lowest BCUT2D eigenvalue weighted by Crippen LogP contribution is -2.73. The number of piperidine rings is 1. The van der Waals surface area contributed by atoms with E-state index in [0.717, 1.165) is 16.7 Å². The maximum atomic E-state index is 13.3. The van der Waals surface area contributed by atoms with Gasteiger partial charge in [-0.3, -0.25) is 4.79 Å². The Bertz CT molecular complexity index is 1290. The van der Waals surface area contributed by atoms with E-state index in [0.29, 0.717) is 23.7 Å². The van der Waals surface area contributed by atoms with Crippen LogP contribution in [-0.2, 0) is 10.0 Å². The molecule has 3 atom stereocenters. The molecule has 1 amide bonds. The first kappa shape index (κ1) is 23.1. The van der Waals surface area contributed by atoms with Crippen LogP contribution in [0.4, 0.5) is 0 Å². The number of fused-ring (bicyclic) bond motifs is 2. The van der Waals surface area contributed by atoms with Gasteiger partial charge >= 0.3 is 0 Å². The molecular weight excluding hydrogens is 470 g/mol. The third-order valence-electron chi connectivity index (χ3n) is 6.75. The van der Waals surface area contributed by atoms with Crippen molar-refractivity contribution in [2.75, 3.05) is 27.2 Å². The van der Waals surface area contributed by atoms with Crippen molar-refractivity contribution in [3.8, 4) is 11.1 Å². The predicted octanol–water partition coefficient (Wildman–Crippen LogP) is 3.84. The zero-order chi connectivity index (χ0) is 24.0. The number of hydrogen-bond acceptors (Lipinski definition) is 4. The van der Waals surface area contributed by atoms with Gasteiger partial charge in [0.05, 0.1) is 4.90 Å². The largest absolute Gasteiger partial charge is 0.345 e. The zero-order valence-electron chi connectivity index (χ0n) is 19.0. The van der Waals surface area contributed by atoms with Crippen LogP contribution in [0.1, 0.15) is 21.8 Å². The Morgan fingerprint density at radius 1 is 0.882 bits per heavy atom. The Kier molecular flexibility index (Phi) is 5.98. The van der Waals surface area contributed by atoms with Crippen molar-refractivity contribution >= 4 is 27.5 Å². The molecular formula is C26H26ClN3O3S. The summed E-state index contributed by atoms with van der Waals surface area (Å²) in [5, 5.41) is 3.86. The van der Waals surface area contributed by atoms with Gasteiger partial charge in [-0.05, 0) is 53.1 Å². The lowest BCUT2D eigenvalue weighted by Gasteiger charge is -2.57. The molecule has 6 nitrogen and oxygen atoms in total. The van der Waals surface area contributed by atoms with E-state index in [4.69, 9.17) is 11.6 Å². The monoisotopic (exact) mass is 495 g/mol. The summed E-state index contributed by atoms with van der Waals surface area (Å²) in [6.45, 7) is 1.24. The molecule has 3 aromatic carbocycles. The van der Waals surface area contributed by atoms with Gasteiger partial charge in [0.25, 0.3) is 5.91 Å². The second-order valence-corrected chi connectivity index (χ2v) is 11.3. The molecule has 8 heteroatoms. The number of carbonyl (C=O) groups excluding carboxylic acids is 1. The number of halogens is 1. The number of piperazine rings is 1. The van der Waals surface area contributed by atoms with E-state index in [1.165, 1.54) is 0 Å². The number of amides is 1. The van der Waals surface area contributed by atoms with E-state index in [-0.39, 0.29) is 28.8 Å². The molecule has 34 heavy (non-hydrogen) atoms. The van der Waals surface area contributed by atoms with E-state index >= 15 is 0 Å². The van der Waals surface area contributed by atoms with Crippen molar-refractivity contribution in [3.63, 3.8) is 0 Å². The summed E-state index contributed by atoms with van der Waals surface area (Å²) in [4.78, 5) is 14.0. The molecule has 2 aliphatic rings. The van der Waals surface area contributed by atoms with Gasteiger partial charge in [0.2, 0.25) is 10.0 Å². The Morgan fingerprint density at radius 2 is 1.41 bits per heavy atom. The van der Waals surface area contributed by atoms with Crippen LogP contribution in [-0.4, -0.2) is 62.8 Å². The van der Waals surface area contributed by atoms with Crippen LogP contribution in [0.25, 0.3) is 11.1 Å². The fourth-order valence-electron chi connectivity index (χ4n) is 5.02. The van der Waals surface area contributed by atoms with Crippen molar-refractivity contribution in [1.29, 1.82) is 0 Å². The predicted molar refractivity (Wildman–Crippen MR) is 134 cm³/mol. The number of nitrogens with one attached hydrogen (secondary N) is 1. The summed E-state index contributed by atoms with van der Waals surface area (Å²) in [6.07, 6.45) is 0. The van der Waals surface area contributed by atoms with Crippen molar-refractivity contribution in [3.05, 3.63) is 88.9 Å². The lowest BCUT2D eigenvalue weighted by molar-refractivity contribution is 0.0370. The van der Waals surface area contributed by atoms with Crippen LogP contribution in [0.3, 0.4) is 0 Å². The second-order valence-electron chi connectivity index (χ2n) is 9.01. The minimum atomic E-state index is -3.58. The molecule has 1 unspecified atom stereocenters. The average molecular weight is 496 g/mol. The standard InChI is InChI=1S/C26H26ClN3O3S/c1-29(2)26(31)20-9-5-18(6-10-20)17-3-7-19(8-4-17)25-23-15-28-16-24(25)30(23)34(32,33)22-13-11-21(27)12-14-22/h3-14,23-25,28H,15-16H2,1-2H3/t23-,24+,25?. The molecule has 1 N–H and O–H groups in total. The van der Waals surface area contributed by atoms with Crippen molar-refractivity contribution in [2.45, 2.75) is 22.9 Å². The van der Waals surface area contributed by atoms with Crippen LogP contribution in [0, 0.1) is 0 Å². The van der Waals surface area contributed by atoms with Crippen LogP contribution < -0.4 is 5.32 Å². The van der Waals surface area contributed by atoms with Gasteiger partial charge in [0.15, 0.2) is 0 Å². The molecule has 2 heterocycles. The van der Waals surface area contributed by atoms with Crippen LogP contribution in [0.2, 0.25) is 5.02 Å². The van der Waals surface area contributed by atoms with Gasteiger partial charge in [0, 0.05) is 55.8 Å². The fourth-order valence-corrected chi connectivity index (χ4v) is 6.99. The van der Waals surface area contributed by atoms with E-state index in [9.17, 15) is 13.2 Å². The highest BCUT2D eigenvalue weighted by atomic mass is 35.5. The number of benzene rings is 3. The van der Waals surface area contributed by atoms with E-state index < -0.39 is 10.0 Å². The fraction of sp³-hybridized carbons (Fsp3) is 0.269. The molecule has 3 aromatic rings. The summed E-state index contributed by atoms with van der Waals surface area (Å²) in [5.41, 5.74) is 3.88. The van der Waals surface area contributed by atoms with Gasteiger partial charge < -0.3 is 10.2 Å². The number of nitrogens with zero attached hydrogens (tertiary/aromatic N) is 2. The van der Waals surface area contributed by atoms with Gasteiger partial charge in [-0.15, -0.1) is 0 Å². The van der Waals surface area contributed by atoms with Crippen molar-refractivity contribution < 1.29 is 13.2 Å². The highest BCUT2D eigenvalue weighted by Gasteiger charge is 2.56. The normalized spacial score (nSPS) is 22.1. The lowest BCUT2D eigenvalue weighted by atomic mass is 9.74. The smallest absolute Gasteiger partial charge is 0.253 e. The first-order valence-electron chi connectivity index (χ1n) is 11.2. The molecule has 2 bridgehead atoms. The summed E-state index contributed by atoms with van der Waals surface area (Å²) >= 11 is 5.94.